The quantitative estimate of drug-likeness (QED) is 0.310. The minimum absolute atomic E-state index is 0. The highest BCUT2D eigenvalue weighted by Gasteiger charge is 2.31. The molecular weight excluding hydrogens is 443 g/mol. The smallest absolute Gasteiger partial charge is 0.225 e. The SMILES string of the molecule is CCNC(=NCC(C)(C)CO)NC1CCN(C(=O)C2CCCCC2)C1.I. The number of halogens is 1. The number of rotatable bonds is 6. The van der Waals surface area contributed by atoms with Crippen molar-refractivity contribution in [2.24, 2.45) is 16.3 Å². The minimum Gasteiger partial charge on any atom is -0.396 e. The standard InChI is InChI=1S/C19H36N4O2.HI/c1-4-20-18(21-13-19(2,3)14-24)22-16-10-11-23(12-16)17(25)15-8-6-5-7-9-15;/h15-16,24H,4-14H2,1-3H3,(H2,20,21,22);1H. The van der Waals surface area contributed by atoms with E-state index >= 15 is 0 Å². The fraction of sp³-hybridized carbons (Fsp3) is 0.895. The molecule has 1 saturated carbocycles. The van der Waals surface area contributed by atoms with Crippen molar-refractivity contribution < 1.29 is 9.90 Å². The highest BCUT2D eigenvalue weighted by Crippen LogP contribution is 2.26. The topological polar surface area (TPSA) is 77.0 Å². The Balaban J connectivity index is 0.00000338. The Morgan fingerprint density at radius 3 is 2.54 bits per heavy atom. The average Bonchev–Trinajstić information content (AvgIpc) is 3.08. The first-order valence-corrected chi connectivity index (χ1v) is 9.89. The third kappa shape index (κ3) is 7.21. The molecule has 1 unspecified atom stereocenters. The van der Waals surface area contributed by atoms with E-state index in [1.54, 1.807) is 0 Å². The molecule has 1 heterocycles. The number of amides is 1. The van der Waals surface area contributed by atoms with Crippen molar-refractivity contribution in [3.8, 4) is 0 Å². The van der Waals surface area contributed by atoms with Gasteiger partial charge in [0, 0.05) is 43.6 Å². The lowest BCUT2D eigenvalue weighted by Crippen LogP contribution is -2.46. The van der Waals surface area contributed by atoms with Gasteiger partial charge in [-0.3, -0.25) is 9.79 Å². The van der Waals surface area contributed by atoms with Crippen LogP contribution in [0.25, 0.3) is 0 Å². The maximum Gasteiger partial charge on any atom is 0.225 e. The molecule has 2 rings (SSSR count). The largest absolute Gasteiger partial charge is 0.396 e. The number of nitrogens with zero attached hydrogens (tertiary/aromatic N) is 2. The number of likely N-dealkylation sites (tertiary alicyclic amines) is 1. The number of carbonyl (C=O) groups is 1. The van der Waals surface area contributed by atoms with Crippen LogP contribution in [0.5, 0.6) is 0 Å². The number of carbonyl (C=O) groups excluding carboxylic acids is 1. The fourth-order valence-electron chi connectivity index (χ4n) is 3.54. The molecule has 1 aliphatic heterocycles. The van der Waals surface area contributed by atoms with Crippen LogP contribution in [0.1, 0.15) is 59.3 Å². The third-order valence-corrected chi connectivity index (χ3v) is 5.23. The van der Waals surface area contributed by atoms with Crippen molar-refractivity contribution in [1.82, 2.24) is 15.5 Å². The number of nitrogens with one attached hydrogen (secondary N) is 2. The van der Waals surface area contributed by atoms with Crippen LogP contribution in [0.2, 0.25) is 0 Å². The summed E-state index contributed by atoms with van der Waals surface area (Å²) in [6, 6.07) is 0.252. The van der Waals surface area contributed by atoms with Gasteiger partial charge in [0.15, 0.2) is 5.96 Å². The van der Waals surface area contributed by atoms with Crippen molar-refractivity contribution in [2.75, 3.05) is 32.8 Å². The summed E-state index contributed by atoms with van der Waals surface area (Å²) in [6.07, 6.45) is 6.77. The molecule has 0 aromatic heterocycles. The van der Waals surface area contributed by atoms with Gasteiger partial charge >= 0.3 is 0 Å². The van der Waals surface area contributed by atoms with Gasteiger partial charge in [-0.05, 0) is 26.2 Å². The van der Waals surface area contributed by atoms with Crippen LogP contribution in [0.15, 0.2) is 4.99 Å². The van der Waals surface area contributed by atoms with E-state index in [1.807, 2.05) is 25.7 Å². The molecule has 1 atom stereocenters. The van der Waals surface area contributed by atoms with Crippen LogP contribution in [-0.2, 0) is 4.79 Å². The van der Waals surface area contributed by atoms with E-state index in [2.05, 4.69) is 15.6 Å². The zero-order valence-electron chi connectivity index (χ0n) is 16.6. The molecule has 0 aromatic carbocycles. The van der Waals surface area contributed by atoms with E-state index in [4.69, 9.17) is 0 Å². The van der Waals surface area contributed by atoms with Crippen LogP contribution >= 0.6 is 24.0 Å². The predicted octanol–water partition coefficient (Wildman–Crippen LogP) is 2.36. The highest BCUT2D eigenvalue weighted by molar-refractivity contribution is 14.0. The van der Waals surface area contributed by atoms with Crippen LogP contribution < -0.4 is 10.6 Å². The number of guanidine groups is 1. The summed E-state index contributed by atoms with van der Waals surface area (Å²) in [7, 11) is 0. The number of aliphatic hydroxyl groups excluding tert-OH is 1. The Labute approximate surface area is 175 Å². The van der Waals surface area contributed by atoms with E-state index < -0.39 is 0 Å². The molecule has 152 valence electrons. The lowest BCUT2D eigenvalue weighted by molar-refractivity contribution is -0.135. The summed E-state index contributed by atoms with van der Waals surface area (Å²) in [5.41, 5.74) is -0.221. The van der Waals surface area contributed by atoms with Gasteiger partial charge in [-0.2, -0.15) is 0 Å². The highest BCUT2D eigenvalue weighted by atomic mass is 127. The fourth-order valence-corrected chi connectivity index (χ4v) is 3.54. The molecule has 0 aromatic rings. The first-order chi connectivity index (χ1) is 11.9. The predicted molar refractivity (Wildman–Crippen MR) is 117 cm³/mol. The molecule has 6 nitrogen and oxygen atoms in total. The van der Waals surface area contributed by atoms with Gasteiger partial charge in [0.25, 0.3) is 0 Å². The molecule has 2 aliphatic rings. The molecule has 1 saturated heterocycles. The summed E-state index contributed by atoms with van der Waals surface area (Å²) in [5, 5.41) is 16.1. The second-order valence-corrected chi connectivity index (χ2v) is 8.27. The summed E-state index contributed by atoms with van der Waals surface area (Å²) in [5.74, 6) is 1.38. The summed E-state index contributed by atoms with van der Waals surface area (Å²) in [6.45, 7) is 9.13. The lowest BCUT2D eigenvalue weighted by Gasteiger charge is -2.26. The van der Waals surface area contributed by atoms with E-state index in [0.717, 1.165) is 44.9 Å². The van der Waals surface area contributed by atoms with Crippen molar-refractivity contribution >= 4 is 35.8 Å². The average molecular weight is 480 g/mol. The van der Waals surface area contributed by atoms with Gasteiger partial charge in [-0.1, -0.05) is 33.1 Å². The molecule has 0 bridgehead atoms. The first-order valence-electron chi connectivity index (χ1n) is 9.89. The van der Waals surface area contributed by atoms with Gasteiger partial charge in [0.2, 0.25) is 5.91 Å². The maximum atomic E-state index is 12.7. The third-order valence-electron chi connectivity index (χ3n) is 5.23. The van der Waals surface area contributed by atoms with Gasteiger partial charge in [-0.15, -0.1) is 24.0 Å². The van der Waals surface area contributed by atoms with E-state index in [1.165, 1.54) is 19.3 Å². The molecule has 26 heavy (non-hydrogen) atoms. The Morgan fingerprint density at radius 1 is 1.23 bits per heavy atom. The monoisotopic (exact) mass is 480 g/mol. The Kier molecular flexibility index (Phi) is 10.2. The number of hydrogen-bond donors (Lipinski definition) is 3. The van der Waals surface area contributed by atoms with Crippen LogP contribution in [0.4, 0.5) is 0 Å². The Hall–Kier alpha value is -0.570. The van der Waals surface area contributed by atoms with Crippen molar-refractivity contribution in [2.45, 2.75) is 65.3 Å². The van der Waals surface area contributed by atoms with E-state index in [0.29, 0.717) is 12.5 Å². The van der Waals surface area contributed by atoms with Crippen LogP contribution in [0.3, 0.4) is 0 Å². The zero-order valence-corrected chi connectivity index (χ0v) is 18.9. The van der Waals surface area contributed by atoms with E-state index in [-0.39, 0.29) is 48.0 Å². The lowest BCUT2D eigenvalue weighted by atomic mass is 9.88. The Bertz CT molecular complexity index is 464. The van der Waals surface area contributed by atoms with E-state index in [9.17, 15) is 9.90 Å². The summed E-state index contributed by atoms with van der Waals surface area (Å²) >= 11 is 0. The second-order valence-electron chi connectivity index (χ2n) is 8.27. The molecule has 0 radical (unpaired) electrons. The molecular formula is C19H37IN4O2. The first kappa shape index (κ1) is 23.5. The van der Waals surface area contributed by atoms with Gasteiger partial charge in [0.1, 0.15) is 0 Å². The molecule has 3 N–H and O–H groups in total. The zero-order chi connectivity index (χ0) is 18.3. The van der Waals surface area contributed by atoms with Gasteiger partial charge in [0.05, 0.1) is 6.54 Å². The van der Waals surface area contributed by atoms with Gasteiger partial charge < -0.3 is 20.6 Å². The summed E-state index contributed by atoms with van der Waals surface area (Å²) in [4.78, 5) is 19.3. The molecule has 1 amide bonds. The Morgan fingerprint density at radius 2 is 1.92 bits per heavy atom. The summed E-state index contributed by atoms with van der Waals surface area (Å²) < 4.78 is 0. The maximum absolute atomic E-state index is 12.7. The van der Waals surface area contributed by atoms with Crippen molar-refractivity contribution in [1.29, 1.82) is 0 Å². The van der Waals surface area contributed by atoms with Crippen LogP contribution in [-0.4, -0.2) is 60.7 Å². The van der Waals surface area contributed by atoms with Crippen molar-refractivity contribution in [3.63, 3.8) is 0 Å². The second kappa shape index (κ2) is 11.3. The number of aliphatic hydroxyl groups is 1. The number of aliphatic imine (C=N–C) groups is 1. The minimum atomic E-state index is -0.221. The molecule has 7 heteroatoms. The van der Waals surface area contributed by atoms with Crippen molar-refractivity contribution in [3.05, 3.63) is 0 Å². The molecule has 0 spiro atoms. The number of hydrogen-bond acceptors (Lipinski definition) is 3. The van der Waals surface area contributed by atoms with Crippen LogP contribution in [0, 0.1) is 11.3 Å². The molecule has 1 aliphatic carbocycles. The van der Waals surface area contributed by atoms with Gasteiger partial charge in [-0.25, -0.2) is 0 Å². The normalized spacial score (nSPS) is 22.1. The molecule has 2 fully saturated rings.